The molecule has 0 aliphatic heterocycles. The second kappa shape index (κ2) is 8.44. The van der Waals surface area contributed by atoms with Crippen molar-refractivity contribution in [3.05, 3.63) is 42.0 Å². The average Bonchev–Trinajstić information content (AvgIpc) is 2.63. The predicted molar refractivity (Wildman–Crippen MR) is 93.5 cm³/mol. The largest absolute Gasteiger partial charge is 0.504 e. The summed E-state index contributed by atoms with van der Waals surface area (Å²) in [6.07, 6.45) is 1.33. The van der Waals surface area contributed by atoms with Crippen LogP contribution in [0.25, 0.3) is 0 Å². The van der Waals surface area contributed by atoms with Crippen LogP contribution in [0.1, 0.15) is 5.56 Å². The smallest absolute Gasteiger partial charge is 0.259 e. The van der Waals surface area contributed by atoms with E-state index in [1.807, 2.05) is 0 Å². The maximum absolute atomic E-state index is 11.7. The fourth-order valence-electron chi connectivity index (χ4n) is 1.95. The number of phenols is 2. The molecule has 1 amide bonds. The Morgan fingerprint density at radius 3 is 2.52 bits per heavy atom. The lowest BCUT2D eigenvalue weighted by atomic mass is 10.2. The van der Waals surface area contributed by atoms with Gasteiger partial charge in [-0.1, -0.05) is 0 Å². The Hall–Kier alpha value is -3.42. The normalized spacial score (nSPS) is 10.5. The molecule has 0 fully saturated rings. The highest BCUT2D eigenvalue weighted by atomic mass is 16.5. The Balaban J connectivity index is 1.86. The summed E-state index contributed by atoms with van der Waals surface area (Å²) in [5, 5.41) is 25.9. The van der Waals surface area contributed by atoms with Gasteiger partial charge in [0.05, 0.1) is 27.0 Å². The third kappa shape index (κ3) is 5.03. The van der Waals surface area contributed by atoms with E-state index in [9.17, 15) is 15.0 Å². The van der Waals surface area contributed by atoms with Gasteiger partial charge in [-0.2, -0.15) is 5.10 Å². The molecule has 0 aromatic heterocycles. The molecule has 0 radical (unpaired) electrons. The molecule has 0 saturated carbocycles. The third-order valence-electron chi connectivity index (χ3n) is 3.24. The van der Waals surface area contributed by atoms with E-state index in [2.05, 4.69) is 15.8 Å². The Kier molecular flexibility index (Phi) is 6.05. The molecule has 25 heavy (non-hydrogen) atoms. The lowest BCUT2D eigenvalue weighted by Crippen LogP contribution is -2.25. The van der Waals surface area contributed by atoms with Crippen LogP contribution in [0.4, 0.5) is 5.69 Å². The van der Waals surface area contributed by atoms with Crippen LogP contribution in [0.2, 0.25) is 0 Å². The molecule has 0 aliphatic rings. The molecule has 4 N–H and O–H groups in total. The Morgan fingerprint density at radius 1 is 1.16 bits per heavy atom. The highest BCUT2D eigenvalue weighted by Crippen LogP contribution is 2.35. The SMILES string of the molecule is COc1ccc(NCC(=O)N/N=C/c2cc(O)c(O)c(OC)c2)cc1. The molecule has 0 saturated heterocycles. The van der Waals surface area contributed by atoms with Crippen LogP contribution >= 0.6 is 0 Å². The zero-order valence-electron chi connectivity index (χ0n) is 13.8. The van der Waals surface area contributed by atoms with E-state index < -0.39 is 0 Å². The number of aromatic hydroxyl groups is 2. The van der Waals surface area contributed by atoms with Crippen molar-refractivity contribution in [3.63, 3.8) is 0 Å². The van der Waals surface area contributed by atoms with Crippen molar-refractivity contribution in [1.82, 2.24) is 5.43 Å². The van der Waals surface area contributed by atoms with Gasteiger partial charge >= 0.3 is 0 Å². The van der Waals surface area contributed by atoms with Gasteiger partial charge in [0.15, 0.2) is 11.5 Å². The molecule has 2 aromatic carbocycles. The molecule has 132 valence electrons. The molecule has 0 atom stereocenters. The standard InChI is InChI=1S/C17H19N3O5/c1-24-13-5-3-12(4-6-13)18-10-16(22)20-19-9-11-7-14(21)17(23)15(8-11)25-2/h3-9,18,21,23H,10H2,1-2H3,(H,20,22)/b19-9+. The quantitative estimate of drug-likeness (QED) is 0.345. The minimum Gasteiger partial charge on any atom is -0.504 e. The van der Waals surface area contributed by atoms with Crippen molar-refractivity contribution in [2.24, 2.45) is 5.10 Å². The first-order valence-corrected chi connectivity index (χ1v) is 7.33. The number of hydrazone groups is 1. The van der Waals surface area contributed by atoms with Gasteiger partial charge in [-0.15, -0.1) is 0 Å². The highest BCUT2D eigenvalue weighted by molar-refractivity contribution is 5.85. The monoisotopic (exact) mass is 345 g/mol. The van der Waals surface area contributed by atoms with Crippen molar-refractivity contribution < 1.29 is 24.5 Å². The first-order valence-electron chi connectivity index (χ1n) is 7.33. The average molecular weight is 345 g/mol. The molecular formula is C17H19N3O5. The number of rotatable bonds is 7. The summed E-state index contributed by atoms with van der Waals surface area (Å²) >= 11 is 0. The minimum absolute atomic E-state index is 0.0355. The molecule has 0 heterocycles. The van der Waals surface area contributed by atoms with Crippen molar-refractivity contribution >= 4 is 17.8 Å². The van der Waals surface area contributed by atoms with E-state index in [1.165, 1.54) is 25.5 Å². The molecular weight excluding hydrogens is 326 g/mol. The number of phenolic OH excluding ortho intramolecular Hbond substituents is 2. The molecule has 2 aromatic rings. The second-order valence-electron chi connectivity index (χ2n) is 4.97. The topological polar surface area (TPSA) is 112 Å². The second-order valence-corrected chi connectivity index (χ2v) is 4.97. The summed E-state index contributed by atoms with van der Waals surface area (Å²) in [5.41, 5.74) is 3.58. The maximum atomic E-state index is 11.7. The van der Waals surface area contributed by atoms with Crippen molar-refractivity contribution in [2.45, 2.75) is 0 Å². The summed E-state index contributed by atoms with van der Waals surface area (Å²) in [6, 6.07) is 9.91. The van der Waals surface area contributed by atoms with E-state index in [-0.39, 0.29) is 29.7 Å². The number of amides is 1. The van der Waals surface area contributed by atoms with Gasteiger partial charge in [0.25, 0.3) is 5.91 Å². The zero-order chi connectivity index (χ0) is 18.2. The number of carbonyl (C=O) groups excluding carboxylic acids is 1. The lowest BCUT2D eigenvalue weighted by Gasteiger charge is -2.07. The fourth-order valence-corrected chi connectivity index (χ4v) is 1.95. The van der Waals surface area contributed by atoms with Gasteiger partial charge in [0.2, 0.25) is 5.75 Å². The summed E-state index contributed by atoms with van der Waals surface area (Å²) in [7, 11) is 2.94. The molecule has 2 rings (SSSR count). The number of nitrogens with zero attached hydrogens (tertiary/aromatic N) is 1. The van der Waals surface area contributed by atoms with Crippen LogP contribution in [0.3, 0.4) is 0 Å². The van der Waals surface area contributed by atoms with Gasteiger partial charge in [-0.05, 0) is 36.4 Å². The molecule has 8 nitrogen and oxygen atoms in total. The van der Waals surface area contributed by atoms with Crippen molar-refractivity contribution in [3.8, 4) is 23.0 Å². The van der Waals surface area contributed by atoms with E-state index in [1.54, 1.807) is 31.4 Å². The van der Waals surface area contributed by atoms with Crippen LogP contribution in [0.15, 0.2) is 41.5 Å². The van der Waals surface area contributed by atoms with E-state index in [4.69, 9.17) is 9.47 Å². The van der Waals surface area contributed by atoms with Crippen LogP contribution in [-0.4, -0.2) is 43.1 Å². The highest BCUT2D eigenvalue weighted by Gasteiger charge is 2.08. The van der Waals surface area contributed by atoms with Gasteiger partial charge in [0.1, 0.15) is 5.75 Å². The minimum atomic E-state index is -0.354. The zero-order valence-corrected chi connectivity index (χ0v) is 13.8. The van der Waals surface area contributed by atoms with E-state index in [0.29, 0.717) is 5.56 Å². The number of anilines is 1. The first kappa shape index (κ1) is 17.9. The van der Waals surface area contributed by atoms with E-state index in [0.717, 1.165) is 11.4 Å². The predicted octanol–water partition coefficient (Wildman–Crippen LogP) is 1.68. The Morgan fingerprint density at radius 2 is 1.88 bits per heavy atom. The van der Waals surface area contributed by atoms with Crippen LogP contribution in [-0.2, 0) is 4.79 Å². The Labute approximate surface area is 144 Å². The third-order valence-corrected chi connectivity index (χ3v) is 3.24. The number of ether oxygens (including phenoxy) is 2. The molecule has 0 spiro atoms. The number of methoxy groups -OCH3 is 2. The molecule has 0 aliphatic carbocycles. The summed E-state index contributed by atoms with van der Waals surface area (Å²) < 4.78 is 9.97. The fraction of sp³-hybridized carbons (Fsp3) is 0.176. The van der Waals surface area contributed by atoms with Crippen LogP contribution in [0, 0.1) is 0 Å². The van der Waals surface area contributed by atoms with E-state index >= 15 is 0 Å². The molecule has 8 heteroatoms. The number of benzene rings is 2. The number of hydrogen-bond donors (Lipinski definition) is 4. The summed E-state index contributed by atoms with van der Waals surface area (Å²) in [6.45, 7) is 0.0355. The maximum Gasteiger partial charge on any atom is 0.259 e. The van der Waals surface area contributed by atoms with Crippen LogP contribution in [0.5, 0.6) is 23.0 Å². The number of nitrogens with one attached hydrogen (secondary N) is 2. The number of hydrogen-bond acceptors (Lipinski definition) is 7. The van der Waals surface area contributed by atoms with Crippen molar-refractivity contribution in [1.29, 1.82) is 0 Å². The van der Waals surface area contributed by atoms with Gasteiger partial charge in [-0.3, -0.25) is 4.79 Å². The van der Waals surface area contributed by atoms with Gasteiger partial charge in [-0.25, -0.2) is 5.43 Å². The lowest BCUT2D eigenvalue weighted by molar-refractivity contribution is -0.119. The van der Waals surface area contributed by atoms with Gasteiger partial charge in [0, 0.05) is 11.3 Å². The number of carbonyl (C=O) groups is 1. The molecule has 0 bridgehead atoms. The Bertz CT molecular complexity index is 760. The van der Waals surface area contributed by atoms with Gasteiger partial charge < -0.3 is 25.0 Å². The first-order chi connectivity index (χ1) is 12.0. The summed E-state index contributed by atoms with van der Waals surface area (Å²) in [4.78, 5) is 11.7. The molecule has 0 unspecified atom stereocenters. The van der Waals surface area contributed by atoms with Crippen LogP contribution < -0.4 is 20.2 Å². The van der Waals surface area contributed by atoms with Crippen molar-refractivity contribution in [2.75, 3.05) is 26.1 Å². The summed E-state index contributed by atoms with van der Waals surface area (Å²) in [5.74, 6) is -0.205.